The van der Waals surface area contributed by atoms with Crippen LogP contribution in [0.3, 0.4) is 0 Å². The van der Waals surface area contributed by atoms with Crippen LogP contribution in [0.1, 0.15) is 17.3 Å². The highest BCUT2D eigenvalue weighted by Gasteiger charge is 2.14. The molecule has 0 radical (unpaired) electrons. The number of halogens is 2. The van der Waals surface area contributed by atoms with E-state index in [9.17, 15) is 9.59 Å². The second-order valence-electron chi connectivity index (χ2n) is 5.28. The Morgan fingerprint density at radius 3 is 2.77 bits per heavy atom. The quantitative estimate of drug-likeness (QED) is 0.549. The Morgan fingerprint density at radius 1 is 1.27 bits per heavy atom. The summed E-state index contributed by atoms with van der Waals surface area (Å²) in [6.45, 7) is 2.00. The summed E-state index contributed by atoms with van der Waals surface area (Å²) in [4.78, 5) is 29.2. The molecule has 0 aliphatic heterocycles. The lowest BCUT2D eigenvalue weighted by molar-refractivity contribution is -0.143. The predicted molar refractivity (Wildman–Crippen MR) is 105 cm³/mol. The fourth-order valence-corrected chi connectivity index (χ4v) is 4.16. The molecule has 0 aliphatic rings. The molecule has 0 aliphatic carbocycles. The van der Waals surface area contributed by atoms with E-state index in [4.69, 9.17) is 16.3 Å². The summed E-state index contributed by atoms with van der Waals surface area (Å²) in [6.07, 6.45) is 0. The second-order valence-corrected chi connectivity index (χ2v) is 7.58. The van der Waals surface area contributed by atoms with Crippen LogP contribution in [0.25, 0.3) is 10.2 Å². The summed E-state index contributed by atoms with van der Waals surface area (Å²) in [5.74, 6) is -0.787. The van der Waals surface area contributed by atoms with E-state index in [0.29, 0.717) is 19.9 Å². The van der Waals surface area contributed by atoms with Crippen LogP contribution >= 0.6 is 38.9 Å². The maximum absolute atomic E-state index is 12.6. The van der Waals surface area contributed by atoms with Crippen molar-refractivity contribution < 1.29 is 14.3 Å². The number of amides is 1. The molecule has 3 aromatic rings. The molecular formula is C18H14BrClN2O3S. The van der Waals surface area contributed by atoms with Gasteiger partial charge in [-0.25, -0.2) is 0 Å². The van der Waals surface area contributed by atoms with Crippen molar-refractivity contribution in [2.24, 2.45) is 4.99 Å². The third-order valence-electron chi connectivity index (χ3n) is 3.54. The van der Waals surface area contributed by atoms with Crippen LogP contribution < -0.4 is 4.80 Å². The van der Waals surface area contributed by atoms with E-state index < -0.39 is 11.9 Å². The van der Waals surface area contributed by atoms with Crippen LogP contribution in [-0.4, -0.2) is 23.1 Å². The Kier molecular flexibility index (Phi) is 5.90. The molecule has 1 aromatic heterocycles. The Hall–Kier alpha value is -1.96. The monoisotopic (exact) mass is 452 g/mol. The SMILES string of the molecule is CCOC(=O)Cn1c(=NC(=O)c2ccccc2Br)sc2cc(Cl)ccc21. The van der Waals surface area contributed by atoms with Gasteiger partial charge in [-0.15, -0.1) is 0 Å². The third kappa shape index (κ3) is 4.06. The van der Waals surface area contributed by atoms with Crippen molar-refractivity contribution in [2.75, 3.05) is 6.61 Å². The number of ether oxygens (including phenoxy) is 1. The standard InChI is InChI=1S/C18H14BrClN2O3S/c1-2-25-16(23)10-22-14-8-7-11(20)9-15(14)26-18(22)21-17(24)12-5-3-4-6-13(12)19/h3-9H,2,10H2,1H3. The Bertz CT molecular complexity index is 1060. The van der Waals surface area contributed by atoms with Gasteiger partial charge in [0.05, 0.1) is 22.4 Å². The Balaban J connectivity index is 2.13. The van der Waals surface area contributed by atoms with Crippen LogP contribution in [0.2, 0.25) is 5.02 Å². The summed E-state index contributed by atoms with van der Waals surface area (Å²) < 4.78 is 8.20. The van der Waals surface area contributed by atoms with E-state index in [0.717, 1.165) is 10.2 Å². The molecule has 134 valence electrons. The number of esters is 1. The average Bonchev–Trinajstić information content (AvgIpc) is 2.91. The topological polar surface area (TPSA) is 60.7 Å². The zero-order valence-corrected chi connectivity index (χ0v) is 16.9. The molecule has 8 heteroatoms. The number of benzene rings is 2. The lowest BCUT2D eigenvalue weighted by Crippen LogP contribution is -2.23. The number of hydrogen-bond acceptors (Lipinski definition) is 4. The van der Waals surface area contributed by atoms with E-state index in [1.165, 1.54) is 11.3 Å². The number of rotatable bonds is 4. The fourth-order valence-electron chi connectivity index (χ4n) is 2.40. The van der Waals surface area contributed by atoms with Crippen molar-refractivity contribution in [3.8, 4) is 0 Å². The first-order valence-corrected chi connectivity index (χ1v) is 9.76. The Morgan fingerprint density at radius 2 is 2.04 bits per heavy atom. The molecule has 1 heterocycles. The minimum Gasteiger partial charge on any atom is -0.465 e. The van der Waals surface area contributed by atoms with Crippen LogP contribution in [0.15, 0.2) is 51.9 Å². The minimum absolute atomic E-state index is 0.0302. The third-order valence-corrected chi connectivity index (χ3v) is 5.51. The highest BCUT2D eigenvalue weighted by atomic mass is 79.9. The fraction of sp³-hybridized carbons (Fsp3) is 0.167. The number of carbonyl (C=O) groups excluding carboxylic acids is 2. The van der Waals surface area contributed by atoms with Crippen molar-refractivity contribution in [3.05, 3.63) is 62.3 Å². The molecule has 26 heavy (non-hydrogen) atoms. The van der Waals surface area contributed by atoms with Gasteiger partial charge in [0.25, 0.3) is 5.91 Å². The molecule has 0 spiro atoms. The van der Waals surface area contributed by atoms with E-state index in [1.807, 2.05) is 6.07 Å². The van der Waals surface area contributed by atoms with Crippen LogP contribution in [-0.2, 0) is 16.1 Å². The van der Waals surface area contributed by atoms with Gasteiger partial charge in [0.15, 0.2) is 4.80 Å². The van der Waals surface area contributed by atoms with Crippen molar-refractivity contribution in [2.45, 2.75) is 13.5 Å². The van der Waals surface area contributed by atoms with Gasteiger partial charge in [0, 0.05) is 9.50 Å². The lowest BCUT2D eigenvalue weighted by Gasteiger charge is -2.05. The highest BCUT2D eigenvalue weighted by molar-refractivity contribution is 9.10. The van der Waals surface area contributed by atoms with Gasteiger partial charge in [-0.1, -0.05) is 35.1 Å². The second kappa shape index (κ2) is 8.16. The molecule has 0 fully saturated rings. The first-order valence-electron chi connectivity index (χ1n) is 7.77. The number of thiazole rings is 1. The number of aromatic nitrogens is 1. The highest BCUT2D eigenvalue weighted by Crippen LogP contribution is 2.22. The molecule has 1 amide bonds. The van der Waals surface area contributed by atoms with Crippen molar-refractivity contribution >= 4 is 61.0 Å². The summed E-state index contributed by atoms with van der Waals surface area (Å²) >= 11 is 10.7. The molecule has 0 saturated heterocycles. The Labute approximate surface area is 167 Å². The predicted octanol–water partition coefficient (Wildman–Crippen LogP) is 4.42. The number of hydrogen-bond donors (Lipinski definition) is 0. The zero-order chi connectivity index (χ0) is 18.7. The summed E-state index contributed by atoms with van der Waals surface area (Å²) in [5.41, 5.74) is 1.22. The summed E-state index contributed by atoms with van der Waals surface area (Å²) in [7, 11) is 0. The van der Waals surface area contributed by atoms with Gasteiger partial charge in [-0.2, -0.15) is 4.99 Å². The van der Waals surface area contributed by atoms with Gasteiger partial charge in [0.2, 0.25) is 0 Å². The first-order chi connectivity index (χ1) is 12.5. The van der Waals surface area contributed by atoms with Crippen molar-refractivity contribution in [1.29, 1.82) is 0 Å². The maximum Gasteiger partial charge on any atom is 0.326 e. The van der Waals surface area contributed by atoms with Gasteiger partial charge in [0.1, 0.15) is 6.54 Å². The lowest BCUT2D eigenvalue weighted by atomic mass is 10.2. The van der Waals surface area contributed by atoms with Gasteiger partial charge in [-0.3, -0.25) is 9.59 Å². The van der Waals surface area contributed by atoms with Crippen molar-refractivity contribution in [1.82, 2.24) is 4.57 Å². The molecule has 2 aromatic carbocycles. The van der Waals surface area contributed by atoms with E-state index in [2.05, 4.69) is 20.9 Å². The van der Waals surface area contributed by atoms with E-state index in [-0.39, 0.29) is 13.2 Å². The van der Waals surface area contributed by atoms with Crippen LogP contribution in [0.5, 0.6) is 0 Å². The number of carbonyl (C=O) groups is 2. The molecule has 0 bridgehead atoms. The molecule has 0 N–H and O–H groups in total. The maximum atomic E-state index is 12.6. The summed E-state index contributed by atoms with van der Waals surface area (Å²) in [6, 6.07) is 12.4. The van der Waals surface area contributed by atoms with E-state index >= 15 is 0 Å². The zero-order valence-electron chi connectivity index (χ0n) is 13.7. The van der Waals surface area contributed by atoms with Gasteiger partial charge >= 0.3 is 5.97 Å². The van der Waals surface area contributed by atoms with E-state index in [1.54, 1.807) is 47.9 Å². The number of fused-ring (bicyclic) bond motifs is 1. The largest absolute Gasteiger partial charge is 0.465 e. The van der Waals surface area contributed by atoms with Gasteiger partial charge < -0.3 is 9.30 Å². The van der Waals surface area contributed by atoms with Gasteiger partial charge in [-0.05, 0) is 53.2 Å². The normalized spacial score (nSPS) is 11.7. The van der Waals surface area contributed by atoms with Crippen LogP contribution in [0, 0.1) is 0 Å². The minimum atomic E-state index is -0.396. The molecular weight excluding hydrogens is 440 g/mol. The number of nitrogens with zero attached hydrogens (tertiary/aromatic N) is 2. The molecule has 5 nitrogen and oxygen atoms in total. The molecule has 3 rings (SSSR count). The molecule has 0 atom stereocenters. The smallest absolute Gasteiger partial charge is 0.326 e. The molecule has 0 saturated carbocycles. The van der Waals surface area contributed by atoms with Crippen molar-refractivity contribution in [3.63, 3.8) is 0 Å². The molecule has 0 unspecified atom stereocenters. The summed E-state index contributed by atoms with van der Waals surface area (Å²) in [5, 5.41) is 0.575. The average molecular weight is 454 g/mol. The van der Waals surface area contributed by atoms with Crippen LogP contribution in [0.4, 0.5) is 0 Å². The first kappa shape index (κ1) is 18.8.